The van der Waals surface area contributed by atoms with Crippen LogP contribution in [0.25, 0.3) is 0 Å². The first-order valence-electron chi connectivity index (χ1n) is 5.19. The molecule has 0 radical (unpaired) electrons. The predicted molar refractivity (Wildman–Crippen MR) is 63.7 cm³/mol. The minimum absolute atomic E-state index is 0.177. The van der Waals surface area contributed by atoms with Crippen LogP contribution in [-0.4, -0.2) is 12.6 Å². The Bertz CT molecular complexity index is 287. The first kappa shape index (κ1) is 12.0. The van der Waals surface area contributed by atoms with E-state index >= 15 is 0 Å². The molecule has 0 bridgehead atoms. The highest BCUT2D eigenvalue weighted by Crippen LogP contribution is 2.13. The molecule has 0 aliphatic carbocycles. The van der Waals surface area contributed by atoms with Crippen LogP contribution in [0.15, 0.2) is 24.3 Å². The summed E-state index contributed by atoms with van der Waals surface area (Å²) < 4.78 is 0. The lowest BCUT2D eigenvalue weighted by atomic mass is 10.2. The van der Waals surface area contributed by atoms with Gasteiger partial charge in [0.05, 0.1) is 11.3 Å². The molecule has 0 heterocycles. The van der Waals surface area contributed by atoms with E-state index in [1.807, 2.05) is 40.0 Å². The van der Waals surface area contributed by atoms with Crippen molar-refractivity contribution in [2.75, 3.05) is 12.5 Å². The normalized spacial score (nSPS) is 11.5. The van der Waals surface area contributed by atoms with Gasteiger partial charge >= 0.3 is 0 Å². The minimum Gasteiger partial charge on any atom is -0.316 e. The molecule has 0 unspecified atom stereocenters. The maximum atomic E-state index is 5.45. The number of anilines is 1. The highest BCUT2D eigenvalue weighted by atomic mass is 16.7. The second-order valence-corrected chi connectivity index (χ2v) is 4.54. The van der Waals surface area contributed by atoms with Crippen molar-refractivity contribution >= 4 is 5.69 Å². The highest BCUT2D eigenvalue weighted by Gasteiger charge is 2.09. The molecule has 1 rings (SSSR count). The second-order valence-electron chi connectivity index (χ2n) is 4.54. The summed E-state index contributed by atoms with van der Waals surface area (Å²) in [6.07, 6.45) is 0. The lowest BCUT2D eigenvalue weighted by Crippen LogP contribution is -2.22. The summed E-state index contributed by atoms with van der Waals surface area (Å²) in [6, 6.07) is 8.17. The minimum atomic E-state index is -0.177. The van der Waals surface area contributed by atoms with Crippen molar-refractivity contribution in [3.05, 3.63) is 29.8 Å². The summed E-state index contributed by atoms with van der Waals surface area (Å²) >= 11 is 0. The van der Waals surface area contributed by atoms with Gasteiger partial charge < -0.3 is 5.32 Å². The summed E-state index contributed by atoms with van der Waals surface area (Å²) in [4.78, 5) is 5.45. The van der Waals surface area contributed by atoms with Gasteiger partial charge in [-0.05, 0) is 45.5 Å². The lowest BCUT2D eigenvalue weighted by molar-refractivity contribution is 0.0375. The van der Waals surface area contributed by atoms with Crippen molar-refractivity contribution in [3.8, 4) is 0 Å². The number of nitrogens with one attached hydrogen (secondary N) is 2. The van der Waals surface area contributed by atoms with Gasteiger partial charge in [0.15, 0.2) is 0 Å². The van der Waals surface area contributed by atoms with Gasteiger partial charge in [0.1, 0.15) is 0 Å². The van der Waals surface area contributed by atoms with Crippen LogP contribution in [-0.2, 0) is 11.4 Å². The molecule has 1 aromatic carbocycles. The molecule has 15 heavy (non-hydrogen) atoms. The molecular formula is C12H20N2O. The van der Waals surface area contributed by atoms with Crippen LogP contribution in [0.2, 0.25) is 0 Å². The Balaban J connectivity index is 2.50. The van der Waals surface area contributed by atoms with Crippen LogP contribution in [0.4, 0.5) is 5.69 Å². The second kappa shape index (κ2) is 5.14. The quantitative estimate of drug-likeness (QED) is 0.746. The van der Waals surface area contributed by atoms with E-state index in [1.165, 1.54) is 5.56 Å². The van der Waals surface area contributed by atoms with E-state index < -0.39 is 0 Å². The van der Waals surface area contributed by atoms with E-state index in [4.69, 9.17) is 4.84 Å². The van der Waals surface area contributed by atoms with Crippen LogP contribution in [0.5, 0.6) is 0 Å². The monoisotopic (exact) mass is 208 g/mol. The van der Waals surface area contributed by atoms with Gasteiger partial charge in [0.2, 0.25) is 0 Å². The van der Waals surface area contributed by atoms with Crippen molar-refractivity contribution in [1.29, 1.82) is 0 Å². The SMILES string of the molecule is CNCc1ccc(NOC(C)(C)C)cc1. The average molecular weight is 208 g/mol. The van der Waals surface area contributed by atoms with Gasteiger partial charge in [0.25, 0.3) is 0 Å². The summed E-state index contributed by atoms with van der Waals surface area (Å²) in [5.74, 6) is 0. The van der Waals surface area contributed by atoms with Crippen molar-refractivity contribution < 1.29 is 4.84 Å². The Hall–Kier alpha value is -1.06. The third-order valence-corrected chi connectivity index (χ3v) is 1.81. The number of benzene rings is 1. The molecule has 2 N–H and O–H groups in total. The van der Waals surface area contributed by atoms with Crippen molar-refractivity contribution in [2.45, 2.75) is 32.9 Å². The molecule has 84 valence electrons. The van der Waals surface area contributed by atoms with Gasteiger partial charge in [-0.1, -0.05) is 12.1 Å². The van der Waals surface area contributed by atoms with Crippen LogP contribution in [0.3, 0.4) is 0 Å². The Labute approximate surface area is 91.8 Å². The third kappa shape index (κ3) is 4.81. The molecule has 0 saturated carbocycles. The van der Waals surface area contributed by atoms with Crippen molar-refractivity contribution in [3.63, 3.8) is 0 Å². The van der Waals surface area contributed by atoms with Crippen LogP contribution >= 0.6 is 0 Å². The van der Waals surface area contributed by atoms with Gasteiger partial charge in [-0.25, -0.2) is 0 Å². The first-order valence-corrected chi connectivity index (χ1v) is 5.19. The number of hydrogen-bond donors (Lipinski definition) is 2. The maximum absolute atomic E-state index is 5.45. The molecule has 0 aromatic heterocycles. The summed E-state index contributed by atoms with van der Waals surface area (Å²) in [5.41, 5.74) is 5.00. The van der Waals surface area contributed by atoms with Crippen LogP contribution in [0, 0.1) is 0 Å². The molecule has 1 aromatic rings. The van der Waals surface area contributed by atoms with Gasteiger partial charge in [-0.2, -0.15) is 0 Å². The molecule has 0 aliphatic heterocycles. The molecule has 0 saturated heterocycles. The van der Waals surface area contributed by atoms with E-state index in [-0.39, 0.29) is 5.60 Å². The topological polar surface area (TPSA) is 33.3 Å². The zero-order valence-electron chi connectivity index (χ0n) is 9.92. The fraction of sp³-hybridized carbons (Fsp3) is 0.500. The van der Waals surface area contributed by atoms with E-state index in [1.54, 1.807) is 0 Å². The van der Waals surface area contributed by atoms with Gasteiger partial charge in [0, 0.05) is 6.54 Å². The van der Waals surface area contributed by atoms with Crippen LogP contribution in [0.1, 0.15) is 26.3 Å². The summed E-state index contributed by atoms with van der Waals surface area (Å²) in [7, 11) is 1.94. The maximum Gasteiger partial charge on any atom is 0.0876 e. The first-order chi connectivity index (χ1) is 7.01. The Kier molecular flexibility index (Phi) is 4.12. The van der Waals surface area contributed by atoms with Gasteiger partial charge in [-0.15, -0.1) is 0 Å². The van der Waals surface area contributed by atoms with E-state index in [0.29, 0.717) is 0 Å². The summed E-state index contributed by atoms with van der Waals surface area (Å²) in [5, 5.41) is 3.11. The zero-order valence-corrected chi connectivity index (χ0v) is 9.92. The molecule has 0 amide bonds. The lowest BCUT2D eigenvalue weighted by Gasteiger charge is -2.19. The Morgan fingerprint density at radius 3 is 2.20 bits per heavy atom. The fourth-order valence-electron chi connectivity index (χ4n) is 1.11. The zero-order chi connectivity index (χ0) is 11.3. The predicted octanol–water partition coefficient (Wildman–Crippen LogP) is 2.55. The number of hydrogen-bond acceptors (Lipinski definition) is 3. The van der Waals surface area contributed by atoms with Crippen molar-refractivity contribution in [1.82, 2.24) is 5.32 Å². The Morgan fingerprint density at radius 2 is 1.73 bits per heavy atom. The molecule has 3 nitrogen and oxygen atoms in total. The molecule has 0 fully saturated rings. The standard InChI is InChI=1S/C12H20N2O/c1-12(2,3)15-14-11-7-5-10(6-8-11)9-13-4/h5-8,13-14H,9H2,1-4H3. The third-order valence-electron chi connectivity index (χ3n) is 1.81. The molecular weight excluding hydrogens is 188 g/mol. The fourth-order valence-corrected chi connectivity index (χ4v) is 1.11. The van der Waals surface area contributed by atoms with Gasteiger partial charge in [-0.3, -0.25) is 10.3 Å². The average Bonchev–Trinajstić information content (AvgIpc) is 2.16. The van der Waals surface area contributed by atoms with E-state index in [0.717, 1.165) is 12.2 Å². The Morgan fingerprint density at radius 1 is 1.13 bits per heavy atom. The van der Waals surface area contributed by atoms with E-state index in [9.17, 15) is 0 Å². The largest absolute Gasteiger partial charge is 0.316 e. The molecule has 0 aliphatic rings. The number of rotatable bonds is 4. The van der Waals surface area contributed by atoms with Crippen LogP contribution < -0.4 is 10.8 Å². The van der Waals surface area contributed by atoms with Crippen molar-refractivity contribution in [2.24, 2.45) is 0 Å². The molecule has 0 atom stereocenters. The summed E-state index contributed by atoms with van der Waals surface area (Å²) in [6.45, 7) is 6.92. The molecule has 3 heteroatoms. The molecule has 0 spiro atoms. The van der Waals surface area contributed by atoms with E-state index in [2.05, 4.69) is 22.9 Å². The highest BCUT2D eigenvalue weighted by molar-refractivity contribution is 5.42. The smallest absolute Gasteiger partial charge is 0.0876 e.